The Balaban J connectivity index is 1.64. The second kappa shape index (κ2) is 6.92. The molecule has 2 N–H and O–H groups in total. The summed E-state index contributed by atoms with van der Waals surface area (Å²) in [5.41, 5.74) is 5.97. The molecule has 0 spiro atoms. The van der Waals surface area contributed by atoms with E-state index in [-0.39, 0.29) is 12.1 Å². The molecular weight excluding hydrogens is 331 g/mol. The molecule has 134 valence electrons. The molecule has 3 rings (SSSR count). The minimum absolute atomic E-state index is 0.0389. The van der Waals surface area contributed by atoms with E-state index in [1.807, 2.05) is 36.1 Å². The largest absolute Gasteiger partial charge is 0.489 e. The summed E-state index contributed by atoms with van der Waals surface area (Å²) in [7, 11) is 0. The number of rotatable bonds is 4. The molecule has 2 heterocycles. The zero-order valence-electron chi connectivity index (χ0n) is 13.8. The lowest BCUT2D eigenvalue weighted by Crippen LogP contribution is -2.25. The zero-order chi connectivity index (χ0) is 18.0. The van der Waals surface area contributed by atoms with Crippen molar-refractivity contribution in [2.75, 3.05) is 18.0 Å². The van der Waals surface area contributed by atoms with Gasteiger partial charge in [0.05, 0.1) is 6.54 Å². The Morgan fingerprint density at radius 2 is 1.92 bits per heavy atom. The van der Waals surface area contributed by atoms with Crippen LogP contribution in [0.5, 0.6) is 5.75 Å². The molecule has 0 amide bonds. The lowest BCUT2D eigenvalue weighted by atomic mass is 10.1. The minimum Gasteiger partial charge on any atom is -0.489 e. The standard InChI is InChI=1S/C18H20F3N3O/c1-12(22)13-5-7-14(8-6-13)25-15-9-10-24(11-15)17-4-2-3-16(23-17)18(19,20)21/h2-8,12,15H,9-11,22H2,1H3/t12-,15+/m0/s1. The molecule has 2 atom stereocenters. The van der Waals surface area contributed by atoms with E-state index in [9.17, 15) is 13.2 Å². The molecular formula is C18H20F3N3O. The van der Waals surface area contributed by atoms with Gasteiger partial charge in [0, 0.05) is 19.0 Å². The van der Waals surface area contributed by atoms with Crippen LogP contribution < -0.4 is 15.4 Å². The van der Waals surface area contributed by atoms with Crippen LogP contribution in [0.1, 0.15) is 30.6 Å². The van der Waals surface area contributed by atoms with Gasteiger partial charge < -0.3 is 15.4 Å². The van der Waals surface area contributed by atoms with Crippen molar-refractivity contribution in [1.29, 1.82) is 0 Å². The topological polar surface area (TPSA) is 51.4 Å². The molecule has 0 aliphatic carbocycles. The van der Waals surface area contributed by atoms with Crippen molar-refractivity contribution in [3.63, 3.8) is 0 Å². The Kier molecular flexibility index (Phi) is 4.85. The number of hydrogen-bond acceptors (Lipinski definition) is 4. The number of alkyl halides is 3. The number of ether oxygens (including phenoxy) is 1. The van der Waals surface area contributed by atoms with Crippen LogP contribution >= 0.6 is 0 Å². The molecule has 1 aliphatic heterocycles. The molecule has 0 saturated carbocycles. The van der Waals surface area contributed by atoms with Crippen LogP contribution in [0.2, 0.25) is 0 Å². The van der Waals surface area contributed by atoms with E-state index >= 15 is 0 Å². The third-order valence-electron chi connectivity index (χ3n) is 4.20. The van der Waals surface area contributed by atoms with Gasteiger partial charge in [-0.2, -0.15) is 13.2 Å². The predicted molar refractivity (Wildman–Crippen MR) is 89.5 cm³/mol. The molecule has 0 radical (unpaired) electrons. The summed E-state index contributed by atoms with van der Waals surface area (Å²) in [5, 5.41) is 0. The smallest absolute Gasteiger partial charge is 0.433 e. The van der Waals surface area contributed by atoms with Gasteiger partial charge in [-0.15, -0.1) is 0 Å². The quantitative estimate of drug-likeness (QED) is 0.911. The molecule has 0 unspecified atom stereocenters. The van der Waals surface area contributed by atoms with Crippen molar-refractivity contribution in [3.05, 3.63) is 53.7 Å². The number of pyridine rings is 1. The lowest BCUT2D eigenvalue weighted by molar-refractivity contribution is -0.141. The average Bonchev–Trinajstić information content (AvgIpc) is 3.03. The monoisotopic (exact) mass is 351 g/mol. The van der Waals surface area contributed by atoms with Gasteiger partial charge in [0.15, 0.2) is 0 Å². The molecule has 1 aromatic heterocycles. The third kappa shape index (κ3) is 4.22. The normalized spacial score (nSPS) is 19.1. The van der Waals surface area contributed by atoms with Gasteiger partial charge in [-0.3, -0.25) is 0 Å². The maximum Gasteiger partial charge on any atom is 0.433 e. The second-order valence-electron chi connectivity index (χ2n) is 6.21. The van der Waals surface area contributed by atoms with Gasteiger partial charge in [0.1, 0.15) is 23.4 Å². The molecule has 1 aliphatic rings. The van der Waals surface area contributed by atoms with Gasteiger partial charge in [-0.05, 0) is 36.8 Å². The van der Waals surface area contributed by atoms with Gasteiger partial charge in [0.25, 0.3) is 0 Å². The van der Waals surface area contributed by atoms with Crippen LogP contribution in [0.4, 0.5) is 19.0 Å². The first-order valence-corrected chi connectivity index (χ1v) is 8.14. The van der Waals surface area contributed by atoms with Crippen molar-refractivity contribution >= 4 is 5.82 Å². The number of benzene rings is 1. The summed E-state index contributed by atoms with van der Waals surface area (Å²) in [6, 6.07) is 11.5. The van der Waals surface area contributed by atoms with E-state index in [0.717, 1.165) is 23.8 Å². The number of aromatic nitrogens is 1. The van der Waals surface area contributed by atoms with E-state index < -0.39 is 11.9 Å². The predicted octanol–water partition coefficient (Wildman–Crippen LogP) is 3.78. The molecule has 7 heteroatoms. The first-order chi connectivity index (χ1) is 11.8. The van der Waals surface area contributed by atoms with Crippen molar-refractivity contribution < 1.29 is 17.9 Å². The number of nitrogens with zero attached hydrogens (tertiary/aromatic N) is 2. The first kappa shape index (κ1) is 17.5. The summed E-state index contributed by atoms with van der Waals surface area (Å²) >= 11 is 0. The van der Waals surface area contributed by atoms with Crippen molar-refractivity contribution in [2.24, 2.45) is 5.73 Å². The highest BCUT2D eigenvalue weighted by molar-refractivity contribution is 5.41. The van der Waals surface area contributed by atoms with E-state index in [1.54, 1.807) is 6.07 Å². The fourth-order valence-electron chi connectivity index (χ4n) is 2.83. The zero-order valence-corrected chi connectivity index (χ0v) is 13.8. The minimum atomic E-state index is -4.44. The molecule has 1 saturated heterocycles. The Morgan fingerprint density at radius 3 is 2.56 bits per heavy atom. The Labute approximate surface area is 144 Å². The summed E-state index contributed by atoms with van der Waals surface area (Å²) in [6.45, 7) is 3.02. The maximum atomic E-state index is 12.8. The van der Waals surface area contributed by atoms with Gasteiger partial charge in [-0.1, -0.05) is 18.2 Å². The van der Waals surface area contributed by atoms with Crippen molar-refractivity contribution in [1.82, 2.24) is 4.98 Å². The Bertz CT molecular complexity index is 716. The Hall–Kier alpha value is -2.28. The van der Waals surface area contributed by atoms with E-state index in [4.69, 9.17) is 10.5 Å². The molecule has 0 bridgehead atoms. The van der Waals surface area contributed by atoms with E-state index in [2.05, 4.69) is 4.98 Å². The van der Waals surface area contributed by atoms with Gasteiger partial charge >= 0.3 is 6.18 Å². The molecule has 2 aromatic rings. The fourth-order valence-corrected chi connectivity index (χ4v) is 2.83. The lowest BCUT2D eigenvalue weighted by Gasteiger charge is -2.19. The molecule has 4 nitrogen and oxygen atoms in total. The van der Waals surface area contributed by atoms with Crippen LogP contribution in [0, 0.1) is 0 Å². The fraction of sp³-hybridized carbons (Fsp3) is 0.389. The molecule has 1 fully saturated rings. The third-order valence-corrected chi connectivity index (χ3v) is 4.20. The first-order valence-electron chi connectivity index (χ1n) is 8.14. The van der Waals surface area contributed by atoms with Gasteiger partial charge in [0.2, 0.25) is 0 Å². The summed E-state index contributed by atoms with van der Waals surface area (Å²) < 4.78 is 44.3. The van der Waals surface area contributed by atoms with Crippen LogP contribution in [0.15, 0.2) is 42.5 Å². The Morgan fingerprint density at radius 1 is 1.20 bits per heavy atom. The molecule has 1 aromatic carbocycles. The van der Waals surface area contributed by atoms with Crippen LogP contribution in [-0.2, 0) is 6.18 Å². The van der Waals surface area contributed by atoms with Crippen molar-refractivity contribution in [2.45, 2.75) is 31.7 Å². The second-order valence-corrected chi connectivity index (χ2v) is 6.21. The SMILES string of the molecule is C[C@H](N)c1ccc(O[C@@H]2CCN(c3cccc(C(F)(F)F)n3)C2)cc1. The van der Waals surface area contributed by atoms with Crippen LogP contribution in [0.3, 0.4) is 0 Å². The highest BCUT2D eigenvalue weighted by Crippen LogP contribution is 2.30. The summed E-state index contributed by atoms with van der Waals surface area (Å²) in [5.74, 6) is 1.06. The number of nitrogens with two attached hydrogens (primary N) is 1. The van der Waals surface area contributed by atoms with Crippen LogP contribution in [0.25, 0.3) is 0 Å². The number of halogens is 3. The van der Waals surface area contributed by atoms with E-state index in [0.29, 0.717) is 18.9 Å². The van der Waals surface area contributed by atoms with Crippen LogP contribution in [-0.4, -0.2) is 24.2 Å². The molecule has 25 heavy (non-hydrogen) atoms. The summed E-state index contributed by atoms with van der Waals surface area (Å²) in [6.07, 6.45) is -3.79. The summed E-state index contributed by atoms with van der Waals surface area (Å²) in [4.78, 5) is 5.55. The highest BCUT2D eigenvalue weighted by Gasteiger charge is 2.33. The van der Waals surface area contributed by atoms with Crippen molar-refractivity contribution in [3.8, 4) is 5.75 Å². The maximum absolute atomic E-state index is 12.8. The van der Waals surface area contributed by atoms with E-state index in [1.165, 1.54) is 6.07 Å². The average molecular weight is 351 g/mol. The number of hydrogen-bond donors (Lipinski definition) is 1. The highest BCUT2D eigenvalue weighted by atomic mass is 19.4. The number of anilines is 1. The van der Waals surface area contributed by atoms with Gasteiger partial charge in [-0.25, -0.2) is 4.98 Å².